The molecule has 0 radical (unpaired) electrons. The number of hydrogen-bond donors (Lipinski definition) is 1. The van der Waals surface area contributed by atoms with E-state index < -0.39 is 24.0 Å². The zero-order valence-corrected chi connectivity index (χ0v) is 11.1. The van der Waals surface area contributed by atoms with Crippen molar-refractivity contribution in [1.29, 1.82) is 0 Å². The number of para-hydroxylation sites is 1. The zero-order valence-electron chi connectivity index (χ0n) is 11.1. The summed E-state index contributed by atoms with van der Waals surface area (Å²) in [6.07, 6.45) is -4.77. The highest BCUT2D eigenvalue weighted by molar-refractivity contribution is 5.56. The molecule has 2 nitrogen and oxygen atoms in total. The molecule has 0 aliphatic carbocycles. The van der Waals surface area contributed by atoms with Crippen molar-refractivity contribution >= 4 is 5.69 Å². The van der Waals surface area contributed by atoms with Crippen LogP contribution in [0.4, 0.5) is 23.2 Å². The van der Waals surface area contributed by atoms with Crippen LogP contribution in [0.3, 0.4) is 0 Å². The molecule has 1 heterocycles. The van der Waals surface area contributed by atoms with Gasteiger partial charge in [-0.1, -0.05) is 12.1 Å². The van der Waals surface area contributed by atoms with Crippen molar-refractivity contribution in [1.82, 2.24) is 0 Å². The number of nitrogens with zero attached hydrogens (tertiary/aromatic N) is 1. The van der Waals surface area contributed by atoms with E-state index in [0.717, 1.165) is 0 Å². The van der Waals surface area contributed by atoms with Gasteiger partial charge in [-0.25, -0.2) is 4.39 Å². The molecule has 1 aromatic carbocycles. The van der Waals surface area contributed by atoms with Crippen LogP contribution in [0.15, 0.2) is 18.2 Å². The molecule has 2 rings (SSSR count). The van der Waals surface area contributed by atoms with Crippen LogP contribution in [0.5, 0.6) is 0 Å². The number of aliphatic hydroxyl groups is 1. The summed E-state index contributed by atoms with van der Waals surface area (Å²) in [4.78, 5) is 1.40. The minimum atomic E-state index is -4.27. The molecule has 112 valence electrons. The number of benzene rings is 1. The number of rotatable bonds is 2. The Morgan fingerprint density at radius 1 is 1.35 bits per heavy atom. The van der Waals surface area contributed by atoms with Gasteiger partial charge < -0.3 is 10.0 Å². The molecule has 1 aliphatic heterocycles. The predicted molar refractivity (Wildman–Crippen MR) is 68.0 cm³/mol. The van der Waals surface area contributed by atoms with Gasteiger partial charge in [0.15, 0.2) is 0 Å². The summed E-state index contributed by atoms with van der Waals surface area (Å²) >= 11 is 0. The van der Waals surface area contributed by atoms with Crippen LogP contribution in [-0.2, 0) is 0 Å². The maximum atomic E-state index is 14.0. The normalized spacial score (nSPS) is 21.9. The van der Waals surface area contributed by atoms with Crippen LogP contribution in [0, 0.1) is 11.7 Å². The second kappa shape index (κ2) is 5.60. The second-order valence-corrected chi connectivity index (χ2v) is 5.18. The molecule has 0 spiro atoms. The van der Waals surface area contributed by atoms with Crippen LogP contribution in [0.2, 0.25) is 0 Å². The van der Waals surface area contributed by atoms with E-state index in [9.17, 15) is 22.7 Å². The summed E-state index contributed by atoms with van der Waals surface area (Å²) in [5.41, 5.74) is 0.421. The Morgan fingerprint density at radius 3 is 2.65 bits per heavy atom. The lowest BCUT2D eigenvalue weighted by Gasteiger charge is -2.36. The van der Waals surface area contributed by atoms with Gasteiger partial charge in [-0.3, -0.25) is 0 Å². The molecule has 6 heteroatoms. The first-order valence-electron chi connectivity index (χ1n) is 6.59. The van der Waals surface area contributed by atoms with E-state index in [1.165, 1.54) is 24.0 Å². The molecule has 0 saturated carbocycles. The molecular formula is C14H17F4NO. The van der Waals surface area contributed by atoms with E-state index in [0.29, 0.717) is 18.5 Å². The number of hydrogen-bond acceptors (Lipinski definition) is 2. The maximum absolute atomic E-state index is 14.0. The number of anilines is 1. The minimum Gasteiger partial charge on any atom is -0.389 e. The fourth-order valence-corrected chi connectivity index (χ4v) is 2.65. The number of piperidine rings is 1. The predicted octanol–water partition coefficient (Wildman–Crippen LogP) is 3.66. The van der Waals surface area contributed by atoms with Crippen molar-refractivity contribution in [3.05, 3.63) is 29.6 Å². The van der Waals surface area contributed by atoms with Crippen molar-refractivity contribution in [2.45, 2.75) is 32.0 Å². The summed E-state index contributed by atoms with van der Waals surface area (Å²) < 4.78 is 52.4. The first-order chi connectivity index (χ1) is 9.30. The Kier molecular flexibility index (Phi) is 4.22. The SMILES string of the molecule is C[C@@H](O)c1cccc(F)c1N1CCCC(C(F)(F)F)C1. The summed E-state index contributed by atoms with van der Waals surface area (Å²) in [5, 5.41) is 9.67. The van der Waals surface area contributed by atoms with Crippen LogP contribution in [-0.4, -0.2) is 24.4 Å². The number of halogens is 4. The van der Waals surface area contributed by atoms with E-state index in [2.05, 4.69) is 0 Å². The third kappa shape index (κ3) is 3.06. The van der Waals surface area contributed by atoms with E-state index in [1.807, 2.05) is 0 Å². The third-order valence-electron chi connectivity index (χ3n) is 3.67. The largest absolute Gasteiger partial charge is 0.393 e. The summed E-state index contributed by atoms with van der Waals surface area (Å²) in [6.45, 7) is 1.58. The molecule has 0 bridgehead atoms. The molecule has 1 aliphatic rings. The quantitative estimate of drug-likeness (QED) is 0.841. The average Bonchev–Trinajstić information content (AvgIpc) is 2.37. The fourth-order valence-electron chi connectivity index (χ4n) is 2.65. The van der Waals surface area contributed by atoms with E-state index in [-0.39, 0.29) is 18.7 Å². The summed E-state index contributed by atoms with van der Waals surface area (Å²) in [7, 11) is 0. The van der Waals surface area contributed by atoms with Crippen molar-refractivity contribution in [2.75, 3.05) is 18.0 Å². The molecule has 1 aromatic rings. The molecule has 20 heavy (non-hydrogen) atoms. The van der Waals surface area contributed by atoms with E-state index in [1.54, 1.807) is 6.07 Å². The standard InChI is InChI=1S/C14H17F4NO/c1-9(20)11-5-2-6-12(15)13(11)19-7-3-4-10(8-19)14(16,17)18/h2,5-6,9-10,20H,3-4,7-8H2,1H3/t9-,10?/m1/s1. The molecule has 0 aromatic heterocycles. The Bertz CT molecular complexity index is 473. The number of aliphatic hydroxyl groups excluding tert-OH is 1. The maximum Gasteiger partial charge on any atom is 0.393 e. The van der Waals surface area contributed by atoms with Gasteiger partial charge in [-0.15, -0.1) is 0 Å². The minimum absolute atomic E-state index is 0.0679. The highest BCUT2D eigenvalue weighted by Gasteiger charge is 2.42. The van der Waals surface area contributed by atoms with Crippen LogP contribution in [0.1, 0.15) is 31.4 Å². The lowest BCUT2D eigenvalue weighted by atomic mass is 9.95. The molecule has 0 amide bonds. The van der Waals surface area contributed by atoms with Crippen molar-refractivity contribution < 1.29 is 22.7 Å². The Hall–Kier alpha value is -1.30. The Balaban J connectivity index is 2.32. The number of alkyl halides is 3. The highest BCUT2D eigenvalue weighted by atomic mass is 19.4. The van der Waals surface area contributed by atoms with Crippen molar-refractivity contribution in [2.24, 2.45) is 5.92 Å². The van der Waals surface area contributed by atoms with Gasteiger partial charge in [0.05, 0.1) is 17.7 Å². The lowest BCUT2D eigenvalue weighted by molar-refractivity contribution is -0.176. The van der Waals surface area contributed by atoms with Gasteiger partial charge in [0, 0.05) is 18.7 Å². The molecule has 1 saturated heterocycles. The first-order valence-corrected chi connectivity index (χ1v) is 6.59. The summed E-state index contributed by atoms with van der Waals surface area (Å²) in [6, 6.07) is 4.20. The monoisotopic (exact) mass is 291 g/mol. The van der Waals surface area contributed by atoms with Crippen LogP contribution < -0.4 is 4.90 Å². The van der Waals surface area contributed by atoms with Gasteiger partial charge in [-0.05, 0) is 25.8 Å². The Labute approximate surface area is 115 Å². The van der Waals surface area contributed by atoms with Gasteiger partial charge in [0.25, 0.3) is 0 Å². The van der Waals surface area contributed by atoms with Crippen LogP contribution >= 0.6 is 0 Å². The van der Waals surface area contributed by atoms with E-state index in [4.69, 9.17) is 0 Å². The topological polar surface area (TPSA) is 23.5 Å². The summed E-state index contributed by atoms with van der Waals surface area (Å²) in [5.74, 6) is -2.04. The van der Waals surface area contributed by atoms with Gasteiger partial charge in [0.1, 0.15) is 5.82 Å². The Morgan fingerprint density at radius 2 is 2.05 bits per heavy atom. The second-order valence-electron chi connectivity index (χ2n) is 5.18. The zero-order chi connectivity index (χ0) is 14.9. The molecule has 2 atom stereocenters. The molecule has 1 N–H and O–H groups in total. The first kappa shape index (κ1) is 15.1. The van der Waals surface area contributed by atoms with Gasteiger partial charge in [0.2, 0.25) is 0 Å². The smallest absolute Gasteiger partial charge is 0.389 e. The molecule has 1 unspecified atom stereocenters. The van der Waals surface area contributed by atoms with E-state index >= 15 is 0 Å². The highest BCUT2D eigenvalue weighted by Crippen LogP contribution is 2.37. The molecule has 1 fully saturated rings. The van der Waals surface area contributed by atoms with Crippen molar-refractivity contribution in [3.8, 4) is 0 Å². The van der Waals surface area contributed by atoms with Crippen LogP contribution in [0.25, 0.3) is 0 Å². The third-order valence-corrected chi connectivity index (χ3v) is 3.67. The fraction of sp³-hybridized carbons (Fsp3) is 0.571. The van der Waals surface area contributed by atoms with Gasteiger partial charge in [-0.2, -0.15) is 13.2 Å². The lowest BCUT2D eigenvalue weighted by Crippen LogP contribution is -2.42. The molecular weight excluding hydrogens is 274 g/mol. The average molecular weight is 291 g/mol. The van der Waals surface area contributed by atoms with Gasteiger partial charge >= 0.3 is 6.18 Å². The van der Waals surface area contributed by atoms with Crippen molar-refractivity contribution in [3.63, 3.8) is 0 Å².